The van der Waals surface area contributed by atoms with E-state index in [4.69, 9.17) is 19.0 Å². The minimum Gasteiger partial charge on any atom is -0.497 e. The van der Waals surface area contributed by atoms with Crippen molar-refractivity contribution in [2.45, 2.75) is 44.9 Å². The number of carbonyl (C=O) groups excluding carboxylic acids is 2. The second-order valence-electron chi connectivity index (χ2n) is 11.2. The highest BCUT2D eigenvalue weighted by molar-refractivity contribution is 8.00. The number of aryl methyl sites for hydroxylation is 1. The number of hydrogen-bond donors (Lipinski definition) is 1. The van der Waals surface area contributed by atoms with Gasteiger partial charge in [0.25, 0.3) is 0 Å². The maximum absolute atomic E-state index is 13.9. The molecule has 4 aromatic rings. The van der Waals surface area contributed by atoms with Gasteiger partial charge in [0, 0.05) is 16.5 Å². The largest absolute Gasteiger partial charge is 0.497 e. The fourth-order valence-corrected chi connectivity index (χ4v) is 6.24. The Morgan fingerprint density at radius 2 is 1.88 bits per heavy atom. The average Bonchev–Trinajstić information content (AvgIpc) is 3.61. The van der Waals surface area contributed by atoms with Gasteiger partial charge in [-0.25, -0.2) is 4.68 Å². The third kappa shape index (κ3) is 5.90. The van der Waals surface area contributed by atoms with Crippen molar-refractivity contribution in [3.63, 3.8) is 0 Å². The van der Waals surface area contributed by atoms with E-state index in [1.807, 2.05) is 49.4 Å². The van der Waals surface area contributed by atoms with Gasteiger partial charge in [0.1, 0.15) is 29.6 Å². The minimum absolute atomic E-state index is 0.155. The van der Waals surface area contributed by atoms with Gasteiger partial charge in [-0.05, 0) is 49.4 Å². The molecular weight excluding hydrogens is 552 g/mol. The second-order valence-corrected chi connectivity index (χ2v) is 12.3. The molecule has 2 aromatic heterocycles. The Balaban J connectivity index is 1.71. The van der Waals surface area contributed by atoms with Gasteiger partial charge < -0.3 is 19.2 Å². The number of carbonyl (C=O) groups is 2. The monoisotopic (exact) mass is 588 g/mol. The van der Waals surface area contributed by atoms with E-state index >= 15 is 0 Å². The van der Waals surface area contributed by atoms with Crippen LogP contribution in [0.4, 0.5) is 5.82 Å². The van der Waals surface area contributed by atoms with E-state index < -0.39 is 0 Å². The Morgan fingerprint density at radius 1 is 1.12 bits per heavy atom. The van der Waals surface area contributed by atoms with Gasteiger partial charge in [-0.2, -0.15) is 5.10 Å². The third-order valence-electron chi connectivity index (χ3n) is 7.14. The van der Waals surface area contributed by atoms with E-state index in [1.54, 1.807) is 42.2 Å². The molecule has 0 bridgehead atoms. The zero-order chi connectivity index (χ0) is 30.0. The zero-order valence-electron chi connectivity index (χ0n) is 24.8. The highest BCUT2D eigenvalue weighted by Crippen LogP contribution is 2.50. The van der Waals surface area contributed by atoms with Crippen molar-refractivity contribution in [1.82, 2.24) is 15.1 Å². The molecule has 10 heteroatoms. The number of benzene rings is 2. The van der Waals surface area contributed by atoms with Crippen LogP contribution in [0.15, 0.2) is 65.3 Å². The summed E-state index contributed by atoms with van der Waals surface area (Å²) in [6.45, 7) is 8.39. The second kappa shape index (κ2) is 12.0. The Bertz CT molecular complexity index is 1570. The number of ether oxygens (including phenoxy) is 2. The minimum atomic E-state index is -0.383. The fraction of sp³-hybridized carbons (Fsp3) is 0.344. The highest BCUT2D eigenvalue weighted by atomic mass is 32.2. The summed E-state index contributed by atoms with van der Waals surface area (Å²) in [6.07, 6.45) is 1.56. The Morgan fingerprint density at radius 3 is 2.52 bits per heavy atom. The Hall–Kier alpha value is -4.18. The molecule has 5 rings (SSSR count). The third-order valence-corrected chi connectivity index (χ3v) is 8.38. The molecule has 0 unspecified atom stereocenters. The number of methoxy groups -OCH3 is 2. The van der Waals surface area contributed by atoms with Crippen molar-refractivity contribution in [3.05, 3.63) is 89.0 Å². The number of fused-ring (bicyclic) bond motifs is 1. The summed E-state index contributed by atoms with van der Waals surface area (Å²) in [4.78, 5) is 28.8. The number of rotatable bonds is 8. The van der Waals surface area contributed by atoms with Crippen LogP contribution in [0.1, 0.15) is 54.2 Å². The Labute approximate surface area is 250 Å². The number of amides is 2. The number of nitrogens with zero attached hydrogens (tertiary/aromatic N) is 3. The summed E-state index contributed by atoms with van der Waals surface area (Å²) >= 11 is 1.49. The SMILES string of the molecule is COc1ccc(OC)c([C@H]2SCC(=O)N(CC(=O)NCc3ccco3)c3c2c(C(C)(C)C)nn3-c2ccc(C)cc2)c1. The summed E-state index contributed by atoms with van der Waals surface area (Å²) in [6, 6.07) is 17.2. The molecule has 0 saturated carbocycles. The Kier molecular flexibility index (Phi) is 8.36. The lowest BCUT2D eigenvalue weighted by Crippen LogP contribution is -2.42. The van der Waals surface area contributed by atoms with Gasteiger partial charge in [0.05, 0.1) is 49.4 Å². The van der Waals surface area contributed by atoms with Crippen LogP contribution >= 0.6 is 11.8 Å². The summed E-state index contributed by atoms with van der Waals surface area (Å²) in [5.74, 6) is 2.23. The maximum atomic E-state index is 13.9. The molecule has 0 fully saturated rings. The lowest BCUT2D eigenvalue weighted by molar-refractivity contribution is -0.123. The van der Waals surface area contributed by atoms with Crippen molar-refractivity contribution in [2.24, 2.45) is 0 Å². The lowest BCUT2D eigenvalue weighted by Gasteiger charge is -2.25. The van der Waals surface area contributed by atoms with Crippen LogP contribution in [0.25, 0.3) is 5.69 Å². The first-order valence-electron chi connectivity index (χ1n) is 13.7. The smallest absolute Gasteiger partial charge is 0.240 e. The van der Waals surface area contributed by atoms with Gasteiger partial charge in [-0.15, -0.1) is 11.8 Å². The van der Waals surface area contributed by atoms with Gasteiger partial charge in [-0.1, -0.05) is 38.5 Å². The summed E-state index contributed by atoms with van der Waals surface area (Å²) in [7, 11) is 3.26. The van der Waals surface area contributed by atoms with Crippen LogP contribution in [0.3, 0.4) is 0 Å². The number of hydrogen-bond acceptors (Lipinski definition) is 7. The van der Waals surface area contributed by atoms with Crippen molar-refractivity contribution in [3.8, 4) is 17.2 Å². The molecule has 1 N–H and O–H groups in total. The molecule has 0 saturated heterocycles. The first-order chi connectivity index (χ1) is 20.1. The first-order valence-corrected chi connectivity index (χ1v) is 14.8. The molecule has 1 atom stereocenters. The predicted octanol–water partition coefficient (Wildman–Crippen LogP) is 5.57. The first kappa shape index (κ1) is 29.3. The van der Waals surface area contributed by atoms with Crippen LogP contribution in [0.2, 0.25) is 0 Å². The van der Waals surface area contributed by atoms with Gasteiger partial charge in [0.15, 0.2) is 0 Å². The molecule has 0 radical (unpaired) electrons. The quantitative estimate of drug-likeness (QED) is 0.287. The van der Waals surface area contributed by atoms with Crippen molar-refractivity contribution in [2.75, 3.05) is 31.4 Å². The van der Waals surface area contributed by atoms with Crippen LogP contribution in [-0.4, -0.2) is 48.1 Å². The van der Waals surface area contributed by atoms with Gasteiger partial charge in [0.2, 0.25) is 11.8 Å². The topological polar surface area (TPSA) is 98.8 Å². The van der Waals surface area contributed by atoms with Crippen molar-refractivity contribution in [1.29, 1.82) is 0 Å². The molecular formula is C32H36N4O5S. The van der Waals surface area contributed by atoms with Crippen molar-refractivity contribution < 1.29 is 23.5 Å². The van der Waals surface area contributed by atoms with E-state index in [0.29, 0.717) is 23.1 Å². The molecule has 42 heavy (non-hydrogen) atoms. The van der Waals surface area contributed by atoms with Crippen molar-refractivity contribution >= 4 is 29.4 Å². The molecule has 220 valence electrons. The molecule has 1 aliphatic rings. The van der Waals surface area contributed by atoms with E-state index in [0.717, 1.165) is 28.1 Å². The van der Waals surface area contributed by atoms with E-state index in [2.05, 4.69) is 26.1 Å². The number of furan rings is 1. The van der Waals surface area contributed by atoms with Gasteiger partial charge >= 0.3 is 0 Å². The highest BCUT2D eigenvalue weighted by Gasteiger charge is 2.40. The summed E-state index contributed by atoms with van der Waals surface area (Å²) in [5, 5.41) is 7.71. The molecule has 1 aliphatic heterocycles. The standard InChI is InChI=1S/C32H36N4O5S/c1-20-9-11-21(12-10-20)36-31-28(30(34-36)32(2,3)4)29(24-16-22(39-5)13-14-25(24)40-6)42-19-27(38)35(31)18-26(37)33-17-23-8-7-15-41-23/h7-16,29H,17-19H2,1-6H3,(H,33,37)/t29-/m1/s1. The van der Waals surface area contributed by atoms with Crippen LogP contribution in [0, 0.1) is 6.92 Å². The predicted molar refractivity (Wildman–Crippen MR) is 164 cm³/mol. The van der Waals surface area contributed by atoms with E-state index in [1.165, 1.54) is 11.8 Å². The molecule has 3 heterocycles. The molecule has 2 aromatic carbocycles. The molecule has 0 spiro atoms. The molecule has 0 aliphatic carbocycles. The number of thioether (sulfide) groups is 1. The zero-order valence-corrected chi connectivity index (χ0v) is 25.6. The average molecular weight is 589 g/mol. The maximum Gasteiger partial charge on any atom is 0.240 e. The van der Waals surface area contributed by atoms with Crippen LogP contribution in [-0.2, 0) is 21.5 Å². The molecule has 9 nitrogen and oxygen atoms in total. The van der Waals surface area contributed by atoms with Crippen LogP contribution in [0.5, 0.6) is 11.5 Å². The van der Waals surface area contributed by atoms with Crippen LogP contribution < -0.4 is 19.7 Å². The number of nitrogens with one attached hydrogen (secondary N) is 1. The summed E-state index contributed by atoms with van der Waals surface area (Å²) in [5.41, 5.74) is 4.08. The van der Waals surface area contributed by atoms with Gasteiger partial charge in [-0.3, -0.25) is 14.5 Å². The number of aromatic nitrogens is 2. The van der Waals surface area contributed by atoms with E-state index in [-0.39, 0.29) is 41.3 Å². The molecule has 2 amide bonds. The normalized spacial score (nSPS) is 15.2. The van der Waals surface area contributed by atoms with E-state index in [9.17, 15) is 9.59 Å². The summed E-state index contributed by atoms with van der Waals surface area (Å²) < 4.78 is 18.6. The fourth-order valence-electron chi connectivity index (χ4n) is 5.03. The number of anilines is 1. The lowest BCUT2D eigenvalue weighted by atomic mass is 9.87.